The zero-order chi connectivity index (χ0) is 27.6. The average molecular weight is 573 g/mol. The minimum absolute atomic E-state index is 0.0396. The van der Waals surface area contributed by atoms with Crippen molar-refractivity contribution in [3.05, 3.63) is 58.1 Å². The second kappa shape index (κ2) is 14.4. The number of sulfonamides is 1. The van der Waals surface area contributed by atoms with Crippen molar-refractivity contribution in [2.45, 2.75) is 52.1 Å². The summed E-state index contributed by atoms with van der Waals surface area (Å²) in [6.07, 6.45) is 2.57. The van der Waals surface area contributed by atoms with E-state index in [4.69, 9.17) is 27.9 Å². The average Bonchev–Trinajstić information content (AvgIpc) is 2.85. The highest BCUT2D eigenvalue weighted by atomic mass is 35.5. The van der Waals surface area contributed by atoms with E-state index in [1.807, 2.05) is 26.0 Å². The number of carbonyl (C=O) groups excluding carboxylic acids is 2. The highest BCUT2D eigenvalue weighted by Crippen LogP contribution is 2.30. The quantitative estimate of drug-likeness (QED) is 0.348. The van der Waals surface area contributed by atoms with Crippen LogP contribution in [0.25, 0.3) is 0 Å². The van der Waals surface area contributed by atoms with Gasteiger partial charge in [-0.2, -0.15) is 0 Å². The summed E-state index contributed by atoms with van der Waals surface area (Å²) in [5.41, 5.74) is 1.10. The fraction of sp³-hybridized carbons (Fsp3) is 0.462. The largest absolute Gasteiger partial charge is 0.495 e. The highest BCUT2D eigenvalue weighted by Gasteiger charge is 2.29. The van der Waals surface area contributed by atoms with E-state index in [2.05, 4.69) is 5.32 Å². The van der Waals surface area contributed by atoms with E-state index in [1.54, 1.807) is 24.3 Å². The molecule has 0 aliphatic rings. The first-order chi connectivity index (χ1) is 17.5. The molecule has 1 N–H and O–H groups in total. The number of nitrogens with zero attached hydrogens (tertiary/aromatic N) is 2. The van der Waals surface area contributed by atoms with Gasteiger partial charge in [0.05, 0.1) is 24.1 Å². The molecule has 0 saturated carbocycles. The van der Waals surface area contributed by atoms with Crippen LogP contribution in [0.5, 0.6) is 5.75 Å². The predicted octanol–water partition coefficient (Wildman–Crippen LogP) is 4.88. The molecular formula is C26H35Cl2N3O5S. The first-order valence-corrected chi connectivity index (χ1v) is 14.8. The Balaban J connectivity index is 2.23. The number of rotatable bonds is 14. The molecule has 0 radical (unpaired) electrons. The van der Waals surface area contributed by atoms with Crippen LogP contribution in [0.2, 0.25) is 10.0 Å². The van der Waals surface area contributed by atoms with Gasteiger partial charge in [-0.05, 0) is 49.1 Å². The molecule has 37 heavy (non-hydrogen) atoms. The van der Waals surface area contributed by atoms with Crippen molar-refractivity contribution in [1.82, 2.24) is 10.2 Å². The van der Waals surface area contributed by atoms with E-state index < -0.39 is 16.1 Å². The first kappa shape index (κ1) is 30.7. The molecule has 0 saturated heterocycles. The molecule has 11 heteroatoms. The molecule has 2 rings (SSSR count). The van der Waals surface area contributed by atoms with Crippen LogP contribution in [0.1, 0.15) is 45.1 Å². The third-order valence-corrected chi connectivity index (χ3v) is 7.67. The van der Waals surface area contributed by atoms with Gasteiger partial charge < -0.3 is 15.0 Å². The topological polar surface area (TPSA) is 96.0 Å². The van der Waals surface area contributed by atoms with Gasteiger partial charge in [0.2, 0.25) is 21.8 Å². The van der Waals surface area contributed by atoms with Crippen molar-refractivity contribution < 1.29 is 22.7 Å². The van der Waals surface area contributed by atoms with E-state index in [0.29, 0.717) is 29.4 Å². The Kier molecular flexibility index (Phi) is 12.0. The fourth-order valence-electron chi connectivity index (χ4n) is 3.91. The zero-order valence-corrected chi connectivity index (χ0v) is 24.0. The Morgan fingerprint density at radius 2 is 1.78 bits per heavy atom. The lowest BCUT2D eigenvalue weighted by Gasteiger charge is -2.31. The number of hydrogen-bond donors (Lipinski definition) is 1. The third kappa shape index (κ3) is 8.79. The maximum absolute atomic E-state index is 13.4. The van der Waals surface area contributed by atoms with Crippen LogP contribution in [0.4, 0.5) is 5.69 Å². The van der Waals surface area contributed by atoms with Gasteiger partial charge in [-0.25, -0.2) is 8.42 Å². The molecule has 0 spiro atoms. The summed E-state index contributed by atoms with van der Waals surface area (Å²) < 4.78 is 31.4. The van der Waals surface area contributed by atoms with E-state index in [9.17, 15) is 18.0 Å². The van der Waals surface area contributed by atoms with Gasteiger partial charge in [0.1, 0.15) is 11.8 Å². The Labute approximate surface area is 229 Å². The normalized spacial score (nSPS) is 12.1. The second-order valence-corrected chi connectivity index (χ2v) is 11.3. The maximum Gasteiger partial charge on any atom is 0.242 e. The summed E-state index contributed by atoms with van der Waals surface area (Å²) in [5, 5.41) is 3.65. The number of amides is 2. The molecule has 2 amide bonds. The maximum atomic E-state index is 13.4. The van der Waals surface area contributed by atoms with E-state index >= 15 is 0 Å². The molecule has 2 aromatic rings. The zero-order valence-electron chi connectivity index (χ0n) is 21.7. The number of nitrogens with one attached hydrogen (secondary N) is 1. The smallest absolute Gasteiger partial charge is 0.242 e. The molecule has 8 nitrogen and oxygen atoms in total. The molecule has 1 atom stereocenters. The standard InChI is InChI=1S/C26H35Cl2N3O5S/c1-5-15-29-26(33)23(6-2)30(18-19-10-7-8-11-21(19)27)25(32)12-9-16-31(37(4,34)35)20-13-14-24(36-3)22(28)17-20/h7-8,10-11,13-14,17,23H,5-6,9,12,15-16,18H2,1-4H3,(H,29,33)/t23-/m0/s1. The molecule has 0 aromatic heterocycles. The Hall–Kier alpha value is -2.49. The number of benzene rings is 2. The summed E-state index contributed by atoms with van der Waals surface area (Å²) in [5.74, 6) is -0.0637. The SMILES string of the molecule is CCCNC(=O)[C@H](CC)N(Cc1ccccc1Cl)C(=O)CCCN(c1ccc(OC)c(Cl)c1)S(C)(=O)=O. The number of ether oxygens (including phenoxy) is 1. The lowest BCUT2D eigenvalue weighted by molar-refractivity contribution is -0.141. The van der Waals surface area contributed by atoms with Gasteiger partial charge in [0.25, 0.3) is 0 Å². The Bertz CT molecular complexity index is 1180. The number of carbonyl (C=O) groups is 2. The summed E-state index contributed by atoms with van der Waals surface area (Å²) in [7, 11) is -2.17. The van der Waals surface area contributed by atoms with E-state index in [0.717, 1.165) is 18.2 Å². The third-order valence-electron chi connectivity index (χ3n) is 5.81. The predicted molar refractivity (Wildman–Crippen MR) is 149 cm³/mol. The minimum Gasteiger partial charge on any atom is -0.495 e. The summed E-state index contributed by atoms with van der Waals surface area (Å²) in [6.45, 7) is 4.54. The van der Waals surface area contributed by atoms with Crippen molar-refractivity contribution in [3.63, 3.8) is 0 Å². The van der Waals surface area contributed by atoms with Gasteiger partial charge in [0, 0.05) is 31.1 Å². The van der Waals surface area contributed by atoms with Crippen molar-refractivity contribution in [2.24, 2.45) is 0 Å². The highest BCUT2D eigenvalue weighted by molar-refractivity contribution is 7.92. The van der Waals surface area contributed by atoms with Crippen molar-refractivity contribution in [1.29, 1.82) is 0 Å². The molecule has 0 heterocycles. The molecule has 204 valence electrons. The lowest BCUT2D eigenvalue weighted by Crippen LogP contribution is -2.49. The van der Waals surface area contributed by atoms with Crippen LogP contribution < -0.4 is 14.4 Å². The van der Waals surface area contributed by atoms with Gasteiger partial charge in [0.15, 0.2) is 0 Å². The molecular weight excluding hydrogens is 537 g/mol. The van der Waals surface area contributed by atoms with Gasteiger partial charge in [-0.1, -0.05) is 55.2 Å². The van der Waals surface area contributed by atoms with Crippen molar-refractivity contribution in [3.8, 4) is 5.75 Å². The second-order valence-electron chi connectivity index (χ2n) is 8.59. The number of halogens is 2. The first-order valence-electron chi connectivity index (χ1n) is 12.1. The van der Waals surface area contributed by atoms with Crippen LogP contribution in [0.15, 0.2) is 42.5 Å². The number of hydrogen-bond acceptors (Lipinski definition) is 5. The Morgan fingerprint density at radius 1 is 1.08 bits per heavy atom. The van der Waals surface area contributed by atoms with Crippen LogP contribution in [0.3, 0.4) is 0 Å². The molecule has 0 aliphatic carbocycles. The minimum atomic E-state index is -3.64. The van der Waals surface area contributed by atoms with Gasteiger partial charge in [-0.3, -0.25) is 13.9 Å². The monoisotopic (exact) mass is 571 g/mol. The summed E-state index contributed by atoms with van der Waals surface area (Å²) >= 11 is 12.6. The molecule has 0 unspecified atom stereocenters. The summed E-state index contributed by atoms with van der Waals surface area (Å²) in [4.78, 5) is 27.9. The van der Waals surface area contributed by atoms with Crippen molar-refractivity contribution >= 4 is 50.7 Å². The fourth-order valence-corrected chi connectivity index (χ4v) is 5.31. The lowest BCUT2D eigenvalue weighted by atomic mass is 10.1. The van der Waals surface area contributed by atoms with Crippen LogP contribution in [-0.4, -0.2) is 57.6 Å². The Morgan fingerprint density at radius 3 is 2.35 bits per heavy atom. The molecule has 0 aliphatic heterocycles. The van der Waals surface area contributed by atoms with E-state index in [-0.39, 0.29) is 42.8 Å². The van der Waals surface area contributed by atoms with Crippen LogP contribution in [-0.2, 0) is 26.2 Å². The van der Waals surface area contributed by atoms with Crippen molar-refractivity contribution in [2.75, 3.05) is 30.8 Å². The molecule has 0 fully saturated rings. The molecule has 2 aromatic carbocycles. The van der Waals surface area contributed by atoms with E-state index in [1.165, 1.54) is 22.4 Å². The van der Waals surface area contributed by atoms with Gasteiger partial charge in [-0.15, -0.1) is 0 Å². The molecule has 0 bridgehead atoms. The van der Waals surface area contributed by atoms with Gasteiger partial charge >= 0.3 is 0 Å². The summed E-state index contributed by atoms with van der Waals surface area (Å²) in [6, 6.07) is 11.2. The number of anilines is 1. The number of methoxy groups -OCH3 is 1. The van der Waals surface area contributed by atoms with Crippen LogP contribution >= 0.6 is 23.2 Å². The van der Waals surface area contributed by atoms with Crippen LogP contribution in [0, 0.1) is 0 Å².